The molecule has 0 bridgehead atoms. The zero-order valence-corrected chi connectivity index (χ0v) is 11.6. The van der Waals surface area contributed by atoms with Crippen LogP contribution in [0.5, 0.6) is 5.75 Å². The molecule has 1 heterocycles. The highest BCUT2D eigenvalue weighted by Crippen LogP contribution is 2.13. The van der Waals surface area contributed by atoms with Crippen LogP contribution in [-0.4, -0.2) is 19.7 Å². The summed E-state index contributed by atoms with van der Waals surface area (Å²) in [6.07, 6.45) is 3.55. The molecule has 0 saturated heterocycles. The molecule has 2 rings (SSSR count). The second kappa shape index (κ2) is 7.00. The predicted octanol–water partition coefficient (Wildman–Crippen LogP) is 3.19. The molecular formula is C16H21NO2. The Bertz CT molecular complexity index is 479. The van der Waals surface area contributed by atoms with Crippen LogP contribution in [0.1, 0.15) is 17.7 Å². The molecule has 3 nitrogen and oxygen atoms in total. The lowest BCUT2D eigenvalue weighted by Gasteiger charge is -2.15. The Morgan fingerprint density at radius 1 is 1.26 bits per heavy atom. The minimum atomic E-state index is 0.371. The van der Waals surface area contributed by atoms with Crippen molar-refractivity contribution < 1.29 is 9.15 Å². The SMILES string of the molecule is CNC(CCOc1cccc(C)c1)Cc1ccco1. The molecule has 1 aromatic carbocycles. The van der Waals surface area contributed by atoms with Gasteiger partial charge in [-0.05, 0) is 50.2 Å². The molecule has 1 atom stereocenters. The predicted molar refractivity (Wildman–Crippen MR) is 76.6 cm³/mol. The normalized spacial score (nSPS) is 12.3. The minimum Gasteiger partial charge on any atom is -0.494 e. The summed E-state index contributed by atoms with van der Waals surface area (Å²) in [7, 11) is 1.97. The minimum absolute atomic E-state index is 0.371. The summed E-state index contributed by atoms with van der Waals surface area (Å²) < 4.78 is 11.1. The summed E-state index contributed by atoms with van der Waals surface area (Å²) in [6.45, 7) is 2.77. The van der Waals surface area contributed by atoms with Crippen LogP contribution in [0.25, 0.3) is 0 Å². The highest BCUT2D eigenvalue weighted by molar-refractivity contribution is 5.27. The Morgan fingerprint density at radius 3 is 2.84 bits per heavy atom. The van der Waals surface area contributed by atoms with Crippen LogP contribution >= 0.6 is 0 Å². The molecule has 0 spiro atoms. The van der Waals surface area contributed by atoms with Crippen molar-refractivity contribution in [1.82, 2.24) is 5.32 Å². The maximum atomic E-state index is 5.77. The molecule has 0 fully saturated rings. The average Bonchev–Trinajstić information content (AvgIpc) is 2.90. The fourth-order valence-electron chi connectivity index (χ4n) is 2.04. The zero-order valence-electron chi connectivity index (χ0n) is 11.6. The summed E-state index contributed by atoms with van der Waals surface area (Å²) in [6, 6.07) is 12.4. The second-order valence-corrected chi connectivity index (χ2v) is 4.72. The molecule has 1 N–H and O–H groups in total. The number of rotatable bonds is 7. The summed E-state index contributed by atoms with van der Waals surface area (Å²) in [5.74, 6) is 1.95. The summed E-state index contributed by atoms with van der Waals surface area (Å²) in [5.41, 5.74) is 1.22. The van der Waals surface area contributed by atoms with Gasteiger partial charge in [0.15, 0.2) is 0 Å². The first-order valence-corrected chi connectivity index (χ1v) is 6.67. The fourth-order valence-corrected chi connectivity index (χ4v) is 2.04. The number of ether oxygens (including phenoxy) is 1. The van der Waals surface area contributed by atoms with Crippen molar-refractivity contribution in [3.05, 3.63) is 54.0 Å². The zero-order chi connectivity index (χ0) is 13.5. The third kappa shape index (κ3) is 4.45. The van der Waals surface area contributed by atoms with Gasteiger partial charge in [0.2, 0.25) is 0 Å². The first-order valence-electron chi connectivity index (χ1n) is 6.67. The summed E-state index contributed by atoms with van der Waals surface area (Å²) in [4.78, 5) is 0. The van der Waals surface area contributed by atoms with Crippen molar-refractivity contribution in [2.75, 3.05) is 13.7 Å². The topological polar surface area (TPSA) is 34.4 Å². The van der Waals surface area contributed by atoms with E-state index in [0.717, 1.165) is 24.4 Å². The average molecular weight is 259 g/mol. The van der Waals surface area contributed by atoms with E-state index in [9.17, 15) is 0 Å². The lowest BCUT2D eigenvalue weighted by molar-refractivity contribution is 0.284. The van der Waals surface area contributed by atoms with E-state index in [2.05, 4.69) is 24.4 Å². The van der Waals surface area contributed by atoms with Crippen molar-refractivity contribution >= 4 is 0 Å². The van der Waals surface area contributed by atoms with Gasteiger partial charge in [-0.3, -0.25) is 0 Å². The Balaban J connectivity index is 1.77. The molecule has 0 saturated carbocycles. The maximum absolute atomic E-state index is 5.77. The molecule has 3 heteroatoms. The van der Waals surface area contributed by atoms with Crippen LogP contribution in [0.3, 0.4) is 0 Å². The quantitative estimate of drug-likeness (QED) is 0.829. The van der Waals surface area contributed by atoms with Crippen LogP contribution in [-0.2, 0) is 6.42 Å². The van der Waals surface area contributed by atoms with Crippen LogP contribution < -0.4 is 10.1 Å². The van der Waals surface area contributed by atoms with Crippen LogP contribution in [0.2, 0.25) is 0 Å². The fraction of sp³-hybridized carbons (Fsp3) is 0.375. The molecule has 102 valence electrons. The van der Waals surface area contributed by atoms with Gasteiger partial charge in [0.05, 0.1) is 12.9 Å². The lowest BCUT2D eigenvalue weighted by Crippen LogP contribution is -2.29. The molecule has 19 heavy (non-hydrogen) atoms. The lowest BCUT2D eigenvalue weighted by atomic mass is 10.1. The summed E-state index contributed by atoms with van der Waals surface area (Å²) in [5, 5.41) is 3.30. The number of likely N-dealkylation sites (N-methyl/N-ethyl adjacent to an activating group) is 1. The van der Waals surface area contributed by atoms with E-state index in [-0.39, 0.29) is 0 Å². The van der Waals surface area contributed by atoms with Gasteiger partial charge >= 0.3 is 0 Å². The van der Waals surface area contributed by atoms with Gasteiger partial charge in [-0.15, -0.1) is 0 Å². The van der Waals surface area contributed by atoms with Gasteiger partial charge in [-0.1, -0.05) is 12.1 Å². The maximum Gasteiger partial charge on any atom is 0.119 e. The Morgan fingerprint density at radius 2 is 2.16 bits per heavy atom. The Hall–Kier alpha value is -1.74. The molecular weight excluding hydrogens is 238 g/mol. The number of hydrogen-bond acceptors (Lipinski definition) is 3. The van der Waals surface area contributed by atoms with E-state index in [1.807, 2.05) is 31.3 Å². The van der Waals surface area contributed by atoms with E-state index >= 15 is 0 Å². The molecule has 0 radical (unpaired) electrons. The third-order valence-corrected chi connectivity index (χ3v) is 3.16. The van der Waals surface area contributed by atoms with E-state index in [4.69, 9.17) is 9.15 Å². The molecule has 2 aromatic rings. The van der Waals surface area contributed by atoms with Gasteiger partial charge in [0.1, 0.15) is 11.5 Å². The number of furan rings is 1. The van der Waals surface area contributed by atoms with Crippen molar-refractivity contribution in [3.8, 4) is 5.75 Å². The molecule has 0 amide bonds. The molecule has 1 aromatic heterocycles. The Kier molecular flexibility index (Phi) is 5.04. The van der Waals surface area contributed by atoms with E-state index in [1.165, 1.54) is 5.56 Å². The first-order chi connectivity index (χ1) is 9.28. The second-order valence-electron chi connectivity index (χ2n) is 4.72. The third-order valence-electron chi connectivity index (χ3n) is 3.16. The monoisotopic (exact) mass is 259 g/mol. The van der Waals surface area contributed by atoms with Crippen molar-refractivity contribution in [3.63, 3.8) is 0 Å². The van der Waals surface area contributed by atoms with Crippen LogP contribution in [0, 0.1) is 6.92 Å². The van der Waals surface area contributed by atoms with Crippen LogP contribution in [0.4, 0.5) is 0 Å². The van der Waals surface area contributed by atoms with E-state index < -0.39 is 0 Å². The van der Waals surface area contributed by atoms with Crippen molar-refractivity contribution in [2.24, 2.45) is 0 Å². The first kappa shape index (κ1) is 13.7. The van der Waals surface area contributed by atoms with Gasteiger partial charge in [-0.25, -0.2) is 0 Å². The molecule has 1 unspecified atom stereocenters. The Labute approximate surface area is 114 Å². The number of aryl methyl sites for hydroxylation is 1. The van der Waals surface area contributed by atoms with Gasteiger partial charge in [0, 0.05) is 12.5 Å². The largest absolute Gasteiger partial charge is 0.494 e. The molecule has 0 aliphatic heterocycles. The van der Waals surface area contributed by atoms with E-state index in [0.29, 0.717) is 12.6 Å². The number of nitrogens with one attached hydrogen (secondary N) is 1. The van der Waals surface area contributed by atoms with Gasteiger partial charge < -0.3 is 14.5 Å². The highest BCUT2D eigenvalue weighted by Gasteiger charge is 2.09. The molecule has 0 aliphatic rings. The summed E-state index contributed by atoms with van der Waals surface area (Å²) >= 11 is 0. The van der Waals surface area contributed by atoms with Crippen molar-refractivity contribution in [1.29, 1.82) is 0 Å². The number of benzene rings is 1. The van der Waals surface area contributed by atoms with Gasteiger partial charge in [-0.2, -0.15) is 0 Å². The standard InChI is InChI=1S/C16H21NO2/c1-13-5-3-6-15(11-13)19-10-8-14(17-2)12-16-7-4-9-18-16/h3-7,9,11,14,17H,8,10,12H2,1-2H3. The van der Waals surface area contributed by atoms with Crippen molar-refractivity contribution in [2.45, 2.75) is 25.8 Å². The van der Waals surface area contributed by atoms with E-state index in [1.54, 1.807) is 6.26 Å². The smallest absolute Gasteiger partial charge is 0.119 e. The highest BCUT2D eigenvalue weighted by atomic mass is 16.5. The number of hydrogen-bond donors (Lipinski definition) is 1. The molecule has 0 aliphatic carbocycles. The van der Waals surface area contributed by atoms with Gasteiger partial charge in [0.25, 0.3) is 0 Å². The van der Waals surface area contributed by atoms with Crippen LogP contribution in [0.15, 0.2) is 47.1 Å².